The third-order valence-electron chi connectivity index (χ3n) is 3.65. The van der Waals surface area contributed by atoms with Gasteiger partial charge < -0.3 is 5.32 Å². The molecule has 1 fully saturated rings. The van der Waals surface area contributed by atoms with E-state index in [9.17, 15) is 0 Å². The fourth-order valence-electron chi connectivity index (χ4n) is 2.65. The molecule has 2 N–H and O–H groups in total. The van der Waals surface area contributed by atoms with E-state index in [2.05, 4.69) is 39.4 Å². The largest absolute Gasteiger partial charge is 0.351 e. The molecule has 20 heavy (non-hydrogen) atoms. The number of amidine groups is 1. The molecule has 1 aromatic carbocycles. The molecule has 0 aliphatic heterocycles. The van der Waals surface area contributed by atoms with E-state index in [1.165, 1.54) is 42.1 Å². The van der Waals surface area contributed by atoms with Crippen molar-refractivity contribution >= 4 is 40.2 Å². The first-order valence-corrected chi connectivity index (χ1v) is 7.74. The predicted octanol–water partition coefficient (Wildman–Crippen LogP) is 5.48. The highest BCUT2D eigenvalue weighted by Crippen LogP contribution is 2.36. The Bertz CT molecular complexity index is 479. The van der Waals surface area contributed by atoms with Gasteiger partial charge in [-0.3, -0.25) is 5.41 Å². The van der Waals surface area contributed by atoms with Crippen molar-refractivity contribution in [3.63, 3.8) is 0 Å². The number of halogens is 2. The second-order valence-electron chi connectivity index (χ2n) is 5.22. The maximum absolute atomic E-state index is 7.30. The summed E-state index contributed by atoms with van der Waals surface area (Å²) in [5.74, 6) is 1.18. The van der Waals surface area contributed by atoms with Crippen molar-refractivity contribution in [1.29, 1.82) is 5.41 Å². The number of benzene rings is 1. The van der Waals surface area contributed by atoms with Gasteiger partial charge in [-0.1, -0.05) is 47.3 Å². The molecule has 0 radical (unpaired) electrons. The van der Waals surface area contributed by atoms with Crippen LogP contribution in [0.4, 0.5) is 0 Å². The number of rotatable bonds is 3. The van der Waals surface area contributed by atoms with Gasteiger partial charge in [0.15, 0.2) is 0 Å². The zero-order valence-corrected chi connectivity index (χ0v) is 14.2. The summed E-state index contributed by atoms with van der Waals surface area (Å²) < 4.78 is 1.22. The van der Waals surface area contributed by atoms with E-state index in [0.29, 0.717) is 5.84 Å². The lowest BCUT2D eigenvalue weighted by Crippen LogP contribution is -2.10. The number of hydrogen-bond acceptors (Lipinski definition) is 1. The van der Waals surface area contributed by atoms with E-state index in [0.717, 1.165) is 11.5 Å². The Balaban J connectivity index is 0.00000200. The highest BCUT2D eigenvalue weighted by Gasteiger charge is 2.17. The van der Waals surface area contributed by atoms with Crippen molar-refractivity contribution in [2.45, 2.75) is 44.9 Å². The van der Waals surface area contributed by atoms with Gasteiger partial charge >= 0.3 is 0 Å². The van der Waals surface area contributed by atoms with Gasteiger partial charge in [-0.25, -0.2) is 0 Å². The fourth-order valence-corrected chi connectivity index (χ4v) is 3.37. The van der Waals surface area contributed by atoms with E-state index in [1.807, 2.05) is 12.3 Å². The molecule has 0 bridgehead atoms. The van der Waals surface area contributed by atoms with E-state index in [1.54, 1.807) is 6.92 Å². The van der Waals surface area contributed by atoms with Crippen LogP contribution in [0.25, 0.3) is 6.08 Å². The van der Waals surface area contributed by atoms with E-state index >= 15 is 0 Å². The Morgan fingerprint density at radius 3 is 2.60 bits per heavy atom. The lowest BCUT2D eigenvalue weighted by molar-refractivity contribution is 0.442. The zero-order valence-electron chi connectivity index (χ0n) is 11.8. The Hall–Kier alpha value is -0.800. The van der Waals surface area contributed by atoms with Gasteiger partial charge in [0.05, 0.1) is 5.84 Å². The Labute approximate surface area is 136 Å². The molecule has 0 spiro atoms. The van der Waals surface area contributed by atoms with Crippen LogP contribution in [0.5, 0.6) is 0 Å². The predicted molar refractivity (Wildman–Crippen MR) is 92.8 cm³/mol. The normalized spacial score (nSPS) is 15.9. The van der Waals surface area contributed by atoms with Crippen LogP contribution in [0, 0.1) is 5.41 Å². The molecule has 0 unspecified atom stereocenters. The van der Waals surface area contributed by atoms with Crippen LogP contribution in [-0.4, -0.2) is 5.84 Å². The number of hydrogen-bond donors (Lipinski definition) is 2. The second kappa shape index (κ2) is 8.48. The Kier molecular flexibility index (Phi) is 7.31. The minimum atomic E-state index is 0. The first-order valence-electron chi connectivity index (χ1n) is 6.94. The minimum absolute atomic E-state index is 0. The SMILES string of the molecule is CC(=N)N/C=C/c1ccc(C2CCCCC2)c(Br)c1.Cl. The van der Waals surface area contributed by atoms with E-state index < -0.39 is 0 Å². The third kappa shape index (κ3) is 4.95. The second-order valence-corrected chi connectivity index (χ2v) is 6.07. The average molecular weight is 358 g/mol. The van der Waals surface area contributed by atoms with Gasteiger partial charge in [-0.05, 0) is 49.0 Å². The summed E-state index contributed by atoms with van der Waals surface area (Å²) in [7, 11) is 0. The molecule has 0 heterocycles. The zero-order chi connectivity index (χ0) is 13.7. The van der Waals surface area contributed by atoms with Crippen LogP contribution in [0.1, 0.15) is 56.1 Å². The summed E-state index contributed by atoms with van der Waals surface area (Å²) in [5.41, 5.74) is 2.60. The average Bonchev–Trinajstić information content (AvgIpc) is 2.39. The lowest BCUT2D eigenvalue weighted by Gasteiger charge is -2.23. The minimum Gasteiger partial charge on any atom is -0.351 e. The molecule has 0 atom stereocenters. The summed E-state index contributed by atoms with van der Waals surface area (Å²) in [4.78, 5) is 0. The summed E-state index contributed by atoms with van der Waals surface area (Å²) >= 11 is 3.71. The van der Waals surface area contributed by atoms with Crippen LogP contribution < -0.4 is 5.32 Å². The quantitative estimate of drug-likeness (QED) is 0.545. The molecule has 110 valence electrons. The highest BCUT2D eigenvalue weighted by atomic mass is 79.9. The first-order chi connectivity index (χ1) is 9.16. The van der Waals surface area contributed by atoms with Crippen molar-refractivity contribution in [2.75, 3.05) is 0 Å². The lowest BCUT2D eigenvalue weighted by atomic mass is 9.84. The molecule has 2 rings (SSSR count). The molecular formula is C16H22BrClN2. The monoisotopic (exact) mass is 356 g/mol. The maximum Gasteiger partial charge on any atom is 0.0939 e. The molecule has 1 aliphatic carbocycles. The molecule has 1 saturated carbocycles. The molecule has 2 nitrogen and oxygen atoms in total. The molecule has 0 saturated heterocycles. The van der Waals surface area contributed by atoms with Crippen molar-refractivity contribution < 1.29 is 0 Å². The van der Waals surface area contributed by atoms with Crippen LogP contribution in [0.15, 0.2) is 28.9 Å². The van der Waals surface area contributed by atoms with E-state index in [-0.39, 0.29) is 12.4 Å². The first kappa shape index (κ1) is 17.3. The molecule has 1 aliphatic rings. The van der Waals surface area contributed by atoms with Crippen LogP contribution in [-0.2, 0) is 0 Å². The van der Waals surface area contributed by atoms with Gasteiger partial charge in [-0.2, -0.15) is 0 Å². The van der Waals surface area contributed by atoms with Crippen molar-refractivity contribution in [3.05, 3.63) is 40.0 Å². The molecule has 1 aromatic rings. The van der Waals surface area contributed by atoms with Gasteiger partial charge in [0, 0.05) is 10.7 Å². The Morgan fingerprint density at radius 1 is 1.30 bits per heavy atom. The van der Waals surface area contributed by atoms with Gasteiger partial charge in [0.25, 0.3) is 0 Å². The maximum atomic E-state index is 7.30. The number of nitrogens with one attached hydrogen (secondary N) is 2. The fraction of sp³-hybridized carbons (Fsp3) is 0.438. The molecule has 0 aromatic heterocycles. The van der Waals surface area contributed by atoms with Gasteiger partial charge in [-0.15, -0.1) is 12.4 Å². The van der Waals surface area contributed by atoms with Crippen molar-refractivity contribution in [2.24, 2.45) is 0 Å². The molecular weight excluding hydrogens is 336 g/mol. The van der Waals surface area contributed by atoms with Crippen LogP contribution in [0.3, 0.4) is 0 Å². The molecule has 0 amide bonds. The smallest absolute Gasteiger partial charge is 0.0939 e. The van der Waals surface area contributed by atoms with Crippen LogP contribution >= 0.6 is 28.3 Å². The van der Waals surface area contributed by atoms with Gasteiger partial charge in [0.1, 0.15) is 0 Å². The summed E-state index contributed by atoms with van der Waals surface area (Å²) in [6.45, 7) is 1.73. The summed E-state index contributed by atoms with van der Waals surface area (Å²) in [6, 6.07) is 6.57. The Morgan fingerprint density at radius 2 is 2.00 bits per heavy atom. The topological polar surface area (TPSA) is 35.9 Å². The third-order valence-corrected chi connectivity index (χ3v) is 4.33. The highest BCUT2D eigenvalue weighted by molar-refractivity contribution is 9.10. The standard InChI is InChI=1S/C16H21BrN2.ClH/c1-12(18)19-10-9-13-7-8-15(16(17)11-13)14-5-3-2-4-6-14;/h7-11,14H,2-6H2,1H3,(H2,18,19);1H/b10-9+;. The molecule has 4 heteroatoms. The summed E-state index contributed by atoms with van der Waals surface area (Å²) in [6.07, 6.45) is 10.6. The summed E-state index contributed by atoms with van der Waals surface area (Å²) in [5, 5.41) is 10.2. The van der Waals surface area contributed by atoms with Gasteiger partial charge in [0.2, 0.25) is 0 Å². The van der Waals surface area contributed by atoms with Crippen molar-refractivity contribution in [3.8, 4) is 0 Å². The van der Waals surface area contributed by atoms with E-state index in [4.69, 9.17) is 5.41 Å². The van der Waals surface area contributed by atoms with Crippen molar-refractivity contribution in [1.82, 2.24) is 5.32 Å². The van der Waals surface area contributed by atoms with Crippen LogP contribution in [0.2, 0.25) is 0 Å².